The van der Waals surface area contributed by atoms with E-state index >= 15 is 0 Å². The third-order valence-electron chi connectivity index (χ3n) is 7.92. The average molecular weight is 655 g/mol. The number of carbonyl (C=O) groups is 1. The molecule has 0 spiro atoms. The SMILES string of the molecule is COC1CC(Nc2nccc(-c3cccnc3Oc3c(C)ccc4c(NS(=O)(=O)Cc5ccccc5)cccc34)n2)CN(C(=O)O)C1. The lowest BCUT2D eigenvalue weighted by molar-refractivity contribution is 0.0286. The number of pyridine rings is 1. The second-order valence-electron chi connectivity index (χ2n) is 11.3. The monoisotopic (exact) mass is 654 g/mol. The summed E-state index contributed by atoms with van der Waals surface area (Å²) in [6, 6.07) is 23.2. The van der Waals surface area contributed by atoms with Gasteiger partial charge in [-0.1, -0.05) is 54.6 Å². The summed E-state index contributed by atoms with van der Waals surface area (Å²) in [5.41, 5.74) is 3.12. The van der Waals surface area contributed by atoms with Crippen molar-refractivity contribution in [3.8, 4) is 22.9 Å². The number of benzene rings is 3. The minimum atomic E-state index is -3.69. The fourth-order valence-electron chi connectivity index (χ4n) is 5.67. The van der Waals surface area contributed by atoms with E-state index in [1.807, 2.05) is 49.4 Å². The highest BCUT2D eigenvalue weighted by atomic mass is 32.2. The van der Waals surface area contributed by atoms with Gasteiger partial charge >= 0.3 is 6.09 Å². The molecule has 1 aliphatic heterocycles. The topological polar surface area (TPSA) is 156 Å². The van der Waals surface area contributed by atoms with Crippen LogP contribution in [0.15, 0.2) is 91.3 Å². The molecule has 47 heavy (non-hydrogen) atoms. The van der Waals surface area contributed by atoms with E-state index in [0.29, 0.717) is 63.8 Å². The summed E-state index contributed by atoms with van der Waals surface area (Å²) in [6.07, 6.45) is 2.58. The Kier molecular flexibility index (Phi) is 9.18. The minimum Gasteiger partial charge on any atom is -0.465 e. The van der Waals surface area contributed by atoms with Crippen molar-refractivity contribution in [1.82, 2.24) is 19.9 Å². The van der Waals surface area contributed by atoms with E-state index < -0.39 is 16.1 Å². The molecule has 5 aromatic rings. The number of aromatic nitrogens is 3. The Morgan fingerprint density at radius 3 is 2.57 bits per heavy atom. The van der Waals surface area contributed by atoms with Gasteiger partial charge in [0.05, 0.1) is 35.3 Å². The molecular weight excluding hydrogens is 620 g/mol. The van der Waals surface area contributed by atoms with Crippen molar-refractivity contribution < 1.29 is 27.8 Å². The predicted octanol–water partition coefficient (Wildman–Crippen LogP) is 5.91. The van der Waals surface area contributed by atoms with Gasteiger partial charge in [-0.15, -0.1) is 0 Å². The number of aryl methyl sites for hydroxylation is 1. The zero-order valence-electron chi connectivity index (χ0n) is 25.8. The summed E-state index contributed by atoms with van der Waals surface area (Å²) < 4.78 is 40.9. The van der Waals surface area contributed by atoms with Gasteiger partial charge in [0.25, 0.3) is 0 Å². The zero-order chi connectivity index (χ0) is 33.0. The Labute approximate surface area is 272 Å². The lowest BCUT2D eigenvalue weighted by Crippen LogP contribution is -2.51. The molecule has 242 valence electrons. The van der Waals surface area contributed by atoms with Crippen LogP contribution in [0.1, 0.15) is 17.5 Å². The maximum absolute atomic E-state index is 13.1. The Morgan fingerprint density at radius 1 is 0.957 bits per heavy atom. The number of anilines is 2. The summed E-state index contributed by atoms with van der Waals surface area (Å²) in [5.74, 6) is 1.01. The van der Waals surface area contributed by atoms with Crippen LogP contribution >= 0.6 is 0 Å². The van der Waals surface area contributed by atoms with E-state index in [9.17, 15) is 18.3 Å². The molecule has 1 amide bonds. The van der Waals surface area contributed by atoms with E-state index in [2.05, 4.69) is 20.0 Å². The number of likely N-dealkylation sites (tertiary alicyclic amines) is 1. The average Bonchev–Trinajstić information content (AvgIpc) is 3.06. The van der Waals surface area contributed by atoms with E-state index in [1.165, 1.54) is 4.90 Å². The first-order chi connectivity index (χ1) is 22.7. The molecular formula is C34H34N6O6S. The number of sulfonamides is 1. The fraction of sp³-hybridized carbons (Fsp3) is 0.235. The Bertz CT molecular complexity index is 2010. The van der Waals surface area contributed by atoms with Crippen molar-refractivity contribution in [1.29, 1.82) is 0 Å². The molecule has 0 aliphatic carbocycles. The first-order valence-corrected chi connectivity index (χ1v) is 16.6. The van der Waals surface area contributed by atoms with Gasteiger partial charge in [-0.05, 0) is 48.7 Å². The van der Waals surface area contributed by atoms with Crippen molar-refractivity contribution in [2.24, 2.45) is 0 Å². The number of amides is 1. The number of hydrogen-bond donors (Lipinski definition) is 3. The molecule has 1 fully saturated rings. The predicted molar refractivity (Wildman–Crippen MR) is 179 cm³/mol. The van der Waals surface area contributed by atoms with Gasteiger partial charge in [0, 0.05) is 42.9 Å². The molecule has 6 rings (SSSR count). The molecule has 3 N–H and O–H groups in total. The summed E-state index contributed by atoms with van der Waals surface area (Å²) in [7, 11) is -2.13. The van der Waals surface area contributed by atoms with Crippen LogP contribution in [0.25, 0.3) is 22.0 Å². The van der Waals surface area contributed by atoms with Gasteiger partial charge in [0.15, 0.2) is 0 Å². The molecule has 2 atom stereocenters. The van der Waals surface area contributed by atoms with Crippen LogP contribution in [0.3, 0.4) is 0 Å². The highest BCUT2D eigenvalue weighted by molar-refractivity contribution is 7.91. The van der Waals surface area contributed by atoms with Gasteiger partial charge in [0.2, 0.25) is 21.9 Å². The van der Waals surface area contributed by atoms with E-state index in [-0.39, 0.29) is 24.4 Å². The van der Waals surface area contributed by atoms with Gasteiger partial charge in [-0.2, -0.15) is 0 Å². The third kappa shape index (κ3) is 7.42. The second kappa shape index (κ2) is 13.6. The Balaban J connectivity index is 1.27. The molecule has 12 nitrogen and oxygen atoms in total. The van der Waals surface area contributed by atoms with Gasteiger partial charge in [-0.3, -0.25) is 4.72 Å². The highest BCUT2D eigenvalue weighted by Gasteiger charge is 2.30. The number of nitrogens with zero attached hydrogens (tertiary/aromatic N) is 4. The minimum absolute atomic E-state index is 0.155. The summed E-state index contributed by atoms with van der Waals surface area (Å²) in [4.78, 5) is 26.6. The van der Waals surface area contributed by atoms with Crippen LogP contribution in [0.2, 0.25) is 0 Å². The molecule has 0 bridgehead atoms. The van der Waals surface area contributed by atoms with E-state index in [0.717, 1.165) is 5.56 Å². The lowest BCUT2D eigenvalue weighted by atomic mass is 10.0. The normalized spacial score (nSPS) is 16.5. The number of hydrogen-bond acceptors (Lipinski definition) is 9. The molecule has 1 aliphatic rings. The smallest absolute Gasteiger partial charge is 0.407 e. The summed E-state index contributed by atoms with van der Waals surface area (Å²) in [5, 5.41) is 14.2. The standard InChI is InChI=1S/C34H34N6O6S/c1-22-13-14-26-27(10-6-12-30(26)39-47(43,44)21-23-8-4-3-5-9-23)31(22)46-32-28(11-7-16-35-32)29-15-17-36-33(38-29)37-24-18-25(45-2)20-40(19-24)34(41)42/h3-17,24-25,39H,18-21H2,1-2H3,(H,41,42)(H,36,37,38). The number of fused-ring (bicyclic) bond motifs is 1. The van der Waals surface area contributed by atoms with Crippen LogP contribution < -0.4 is 14.8 Å². The van der Waals surface area contributed by atoms with Crippen LogP contribution in [0.5, 0.6) is 11.6 Å². The van der Waals surface area contributed by atoms with E-state index in [4.69, 9.17) is 14.5 Å². The van der Waals surface area contributed by atoms with Crippen molar-refractivity contribution in [2.75, 3.05) is 30.2 Å². The molecule has 0 saturated carbocycles. The van der Waals surface area contributed by atoms with Crippen LogP contribution in [-0.4, -0.2) is 71.8 Å². The number of piperidine rings is 1. The van der Waals surface area contributed by atoms with Crippen LogP contribution in [0, 0.1) is 6.92 Å². The lowest BCUT2D eigenvalue weighted by Gasteiger charge is -2.35. The number of methoxy groups -OCH3 is 1. The first-order valence-electron chi connectivity index (χ1n) is 15.0. The molecule has 2 unspecified atom stereocenters. The van der Waals surface area contributed by atoms with Crippen molar-refractivity contribution in [3.63, 3.8) is 0 Å². The maximum Gasteiger partial charge on any atom is 0.407 e. The fourth-order valence-corrected chi connectivity index (χ4v) is 6.89. The van der Waals surface area contributed by atoms with Crippen molar-refractivity contribution in [2.45, 2.75) is 31.2 Å². The largest absolute Gasteiger partial charge is 0.465 e. The molecule has 1 saturated heterocycles. The molecule has 3 aromatic carbocycles. The molecule has 3 heterocycles. The molecule has 2 aromatic heterocycles. The van der Waals surface area contributed by atoms with Gasteiger partial charge < -0.3 is 24.8 Å². The van der Waals surface area contributed by atoms with Gasteiger partial charge in [-0.25, -0.2) is 28.2 Å². The molecule has 13 heteroatoms. The van der Waals surface area contributed by atoms with Crippen molar-refractivity contribution >= 4 is 38.5 Å². The second-order valence-corrected chi connectivity index (χ2v) is 13.0. The van der Waals surface area contributed by atoms with Crippen LogP contribution in [-0.2, 0) is 20.5 Å². The quantitative estimate of drug-likeness (QED) is 0.165. The third-order valence-corrected chi connectivity index (χ3v) is 9.17. The van der Waals surface area contributed by atoms with Gasteiger partial charge in [0.1, 0.15) is 5.75 Å². The zero-order valence-corrected chi connectivity index (χ0v) is 26.6. The maximum atomic E-state index is 13.1. The van der Waals surface area contributed by atoms with Crippen molar-refractivity contribution in [3.05, 3.63) is 102 Å². The highest BCUT2D eigenvalue weighted by Crippen LogP contribution is 2.39. The first kappa shape index (κ1) is 31.7. The van der Waals surface area contributed by atoms with Crippen LogP contribution in [0.4, 0.5) is 16.4 Å². The molecule has 0 radical (unpaired) electrons. The Hall–Kier alpha value is -5.27. The number of nitrogens with one attached hydrogen (secondary N) is 2. The summed E-state index contributed by atoms with van der Waals surface area (Å²) >= 11 is 0. The van der Waals surface area contributed by atoms with E-state index in [1.54, 1.807) is 55.9 Å². The number of carboxylic acid groups (broad SMARTS) is 1. The summed E-state index contributed by atoms with van der Waals surface area (Å²) in [6.45, 7) is 2.49. The number of rotatable bonds is 10. The Morgan fingerprint density at radius 2 is 1.79 bits per heavy atom. The number of ether oxygens (including phenoxy) is 2.